The fourth-order valence-corrected chi connectivity index (χ4v) is 3.30. The number of unbranched alkanes of at least 4 members (excludes halogenated alkanes) is 5. The van der Waals surface area contributed by atoms with Crippen LogP contribution in [-0.4, -0.2) is 29.4 Å². The Morgan fingerprint density at radius 2 is 1.38 bits per heavy atom. The van der Waals surface area contributed by atoms with Gasteiger partial charge >= 0.3 is 51.4 Å². The minimum atomic E-state index is -4.15. The van der Waals surface area contributed by atoms with Crippen molar-refractivity contribution in [3.05, 3.63) is 0 Å². The van der Waals surface area contributed by atoms with E-state index in [4.69, 9.17) is 0 Å². The molecule has 0 bridgehead atoms. The van der Waals surface area contributed by atoms with Gasteiger partial charge in [-0.15, -0.1) is 0 Å². The molecule has 4 nitrogen and oxygen atoms in total. The van der Waals surface area contributed by atoms with Crippen LogP contribution >= 0.6 is 0 Å². The summed E-state index contributed by atoms with van der Waals surface area (Å²) in [6, 6.07) is 0. The fourth-order valence-electron chi connectivity index (χ4n) is 2.43. The summed E-state index contributed by atoms with van der Waals surface area (Å²) in [6.45, 7) is 3.91. The second-order valence-corrected chi connectivity index (χ2v) is 7.32. The van der Waals surface area contributed by atoms with Gasteiger partial charge < -0.3 is 9.66 Å². The molecule has 0 saturated carbocycles. The fraction of sp³-hybridized carbons (Fsp3) is 1.00. The zero-order valence-corrected chi connectivity index (χ0v) is 18.0. The molecule has 0 aliphatic rings. The molecule has 0 aliphatic carbocycles. The molecular formula is C15H31KO4S. The summed E-state index contributed by atoms with van der Waals surface area (Å²) in [7, 11) is -4.15. The summed E-state index contributed by atoms with van der Waals surface area (Å²) in [4.78, 5) is 0. The van der Waals surface area contributed by atoms with Crippen molar-refractivity contribution in [1.29, 1.82) is 0 Å². The maximum atomic E-state index is 10.9. The first-order chi connectivity index (χ1) is 9.41. The van der Waals surface area contributed by atoms with Crippen molar-refractivity contribution in [2.24, 2.45) is 0 Å². The van der Waals surface area contributed by atoms with Gasteiger partial charge in [0.15, 0.2) is 0 Å². The van der Waals surface area contributed by atoms with E-state index < -0.39 is 15.4 Å². The third kappa shape index (κ3) is 14.8. The van der Waals surface area contributed by atoms with E-state index in [1.54, 1.807) is 6.92 Å². The van der Waals surface area contributed by atoms with Crippen LogP contribution in [-0.2, 0) is 10.1 Å². The molecule has 0 fully saturated rings. The standard InChI is InChI=1S/C15H32O4S.K/c1-3-5-6-7-8-11-14(16)12-9-10-13-15(4-2)20(17,18)19;/h14-16H,3-13H2,1-2H3,(H,17,18,19);/q;+1/p-1. The predicted octanol–water partition coefficient (Wildman–Crippen LogP) is 0.596. The third-order valence-corrected chi connectivity index (χ3v) is 5.20. The van der Waals surface area contributed by atoms with Crippen LogP contribution in [0.5, 0.6) is 0 Å². The molecule has 21 heavy (non-hydrogen) atoms. The summed E-state index contributed by atoms with van der Waals surface area (Å²) >= 11 is 0. The van der Waals surface area contributed by atoms with Crippen LogP contribution in [0.1, 0.15) is 84.5 Å². The topological polar surface area (TPSA) is 77.4 Å². The Kier molecular flexibility index (Phi) is 17.8. The van der Waals surface area contributed by atoms with E-state index in [9.17, 15) is 18.1 Å². The number of aliphatic hydroxyl groups excluding tert-OH is 1. The van der Waals surface area contributed by atoms with Crippen molar-refractivity contribution in [2.75, 3.05) is 0 Å². The summed E-state index contributed by atoms with van der Waals surface area (Å²) in [5.41, 5.74) is 0. The molecule has 0 rings (SSSR count). The molecule has 1 N–H and O–H groups in total. The Bertz CT molecular complexity index is 320. The van der Waals surface area contributed by atoms with Gasteiger partial charge in [-0.1, -0.05) is 58.8 Å². The molecule has 0 saturated heterocycles. The molecule has 2 atom stereocenters. The van der Waals surface area contributed by atoms with Crippen LogP contribution in [0.3, 0.4) is 0 Å². The molecule has 0 radical (unpaired) electrons. The van der Waals surface area contributed by atoms with Crippen molar-refractivity contribution < 1.29 is 69.5 Å². The molecule has 0 aromatic heterocycles. The molecule has 2 unspecified atom stereocenters. The minimum Gasteiger partial charge on any atom is -0.748 e. The van der Waals surface area contributed by atoms with Crippen molar-refractivity contribution in [1.82, 2.24) is 0 Å². The summed E-state index contributed by atoms with van der Waals surface area (Å²) < 4.78 is 32.7. The van der Waals surface area contributed by atoms with E-state index in [1.165, 1.54) is 25.7 Å². The van der Waals surface area contributed by atoms with Crippen LogP contribution in [0.15, 0.2) is 0 Å². The van der Waals surface area contributed by atoms with Crippen LogP contribution in [0.4, 0.5) is 0 Å². The summed E-state index contributed by atoms with van der Waals surface area (Å²) in [6.07, 6.45) is 9.53. The number of hydrogen-bond acceptors (Lipinski definition) is 4. The first-order valence-electron chi connectivity index (χ1n) is 8.04. The minimum absolute atomic E-state index is 0. The Labute approximate surface area is 173 Å². The third-order valence-electron chi connectivity index (χ3n) is 3.82. The Balaban J connectivity index is 0. The molecule has 6 heteroatoms. The average Bonchev–Trinajstić information content (AvgIpc) is 2.37. The van der Waals surface area contributed by atoms with E-state index in [1.807, 2.05) is 0 Å². The average molecular weight is 347 g/mol. The van der Waals surface area contributed by atoms with E-state index >= 15 is 0 Å². The quantitative estimate of drug-likeness (QED) is 0.301. The molecule has 0 amide bonds. The molecule has 0 aliphatic heterocycles. The maximum absolute atomic E-state index is 10.9. The van der Waals surface area contributed by atoms with Gasteiger partial charge in [0, 0.05) is 5.25 Å². The van der Waals surface area contributed by atoms with Crippen molar-refractivity contribution in [2.45, 2.75) is 95.8 Å². The van der Waals surface area contributed by atoms with Crippen LogP contribution in [0.2, 0.25) is 0 Å². The van der Waals surface area contributed by atoms with Gasteiger partial charge in [-0.25, -0.2) is 8.42 Å². The van der Waals surface area contributed by atoms with E-state index in [2.05, 4.69) is 6.92 Å². The van der Waals surface area contributed by atoms with Crippen molar-refractivity contribution in [3.63, 3.8) is 0 Å². The predicted molar refractivity (Wildman–Crippen MR) is 81.6 cm³/mol. The number of hydrogen-bond donors (Lipinski definition) is 1. The molecule has 0 heterocycles. The van der Waals surface area contributed by atoms with Gasteiger partial charge in [0.2, 0.25) is 0 Å². The largest absolute Gasteiger partial charge is 1.00 e. The van der Waals surface area contributed by atoms with Crippen LogP contribution in [0, 0.1) is 0 Å². The Morgan fingerprint density at radius 1 is 0.905 bits per heavy atom. The first kappa shape index (κ1) is 24.8. The van der Waals surface area contributed by atoms with E-state index in [-0.39, 0.29) is 57.5 Å². The number of rotatable bonds is 13. The summed E-state index contributed by atoms with van der Waals surface area (Å²) in [5, 5.41) is 9.05. The zero-order valence-electron chi connectivity index (χ0n) is 14.0. The van der Waals surface area contributed by atoms with Crippen molar-refractivity contribution in [3.8, 4) is 0 Å². The monoisotopic (exact) mass is 346 g/mol. The first-order valence-corrected chi connectivity index (χ1v) is 9.51. The zero-order chi connectivity index (χ0) is 15.4. The van der Waals surface area contributed by atoms with Gasteiger partial charge in [0.1, 0.15) is 0 Å². The van der Waals surface area contributed by atoms with Crippen LogP contribution < -0.4 is 51.4 Å². The van der Waals surface area contributed by atoms with Gasteiger partial charge in [0.25, 0.3) is 0 Å². The summed E-state index contributed by atoms with van der Waals surface area (Å²) in [5.74, 6) is 0. The Morgan fingerprint density at radius 3 is 1.86 bits per heavy atom. The second kappa shape index (κ2) is 15.1. The van der Waals surface area contributed by atoms with Gasteiger partial charge in [0.05, 0.1) is 16.2 Å². The smallest absolute Gasteiger partial charge is 0.748 e. The molecule has 0 aromatic carbocycles. The van der Waals surface area contributed by atoms with Gasteiger partial charge in [-0.2, -0.15) is 0 Å². The maximum Gasteiger partial charge on any atom is 1.00 e. The normalized spacial score (nSPS) is 14.5. The van der Waals surface area contributed by atoms with Crippen molar-refractivity contribution >= 4 is 10.1 Å². The molecule has 122 valence electrons. The molecule has 0 spiro atoms. The van der Waals surface area contributed by atoms with Gasteiger partial charge in [-0.05, 0) is 25.7 Å². The molecular weight excluding hydrogens is 315 g/mol. The second-order valence-electron chi connectivity index (χ2n) is 5.66. The van der Waals surface area contributed by atoms with E-state index in [0.29, 0.717) is 25.7 Å². The van der Waals surface area contributed by atoms with Gasteiger partial charge in [-0.3, -0.25) is 0 Å². The van der Waals surface area contributed by atoms with E-state index in [0.717, 1.165) is 19.3 Å². The Hall–Kier alpha value is 1.51. The van der Waals surface area contributed by atoms with Crippen LogP contribution in [0.25, 0.3) is 0 Å². The SMILES string of the molecule is CCCCCCCC(O)CCCCC(CC)S(=O)(=O)[O-].[K+]. The number of aliphatic hydroxyl groups is 1. The molecule has 0 aromatic rings.